The largest absolute Gasteiger partial charge is 0.310 e. The lowest BCUT2D eigenvalue weighted by molar-refractivity contribution is -0.113. The quantitative estimate of drug-likeness (QED) is 0.446. The maximum Gasteiger partial charge on any atom is 0.236 e. The Bertz CT molecular complexity index is 1210. The van der Waals surface area contributed by atoms with Crippen molar-refractivity contribution in [3.63, 3.8) is 0 Å². The van der Waals surface area contributed by atoms with Crippen molar-refractivity contribution in [1.29, 1.82) is 0 Å². The van der Waals surface area contributed by atoms with Crippen LogP contribution in [0.3, 0.4) is 0 Å². The van der Waals surface area contributed by atoms with Crippen LogP contribution >= 0.6 is 11.8 Å². The second kappa shape index (κ2) is 8.96. The average molecular weight is 448 g/mol. The molecule has 1 amide bonds. The van der Waals surface area contributed by atoms with Gasteiger partial charge in [-0.25, -0.2) is 4.68 Å². The molecule has 4 aromatic rings. The van der Waals surface area contributed by atoms with E-state index in [1.54, 1.807) is 9.36 Å². The normalized spacial score (nSPS) is 11.5. The van der Waals surface area contributed by atoms with E-state index in [4.69, 9.17) is 5.10 Å². The minimum absolute atomic E-state index is 0.148. The topological polar surface area (TPSA) is 90.5 Å². The van der Waals surface area contributed by atoms with Crippen molar-refractivity contribution < 1.29 is 4.79 Å². The van der Waals surface area contributed by atoms with Gasteiger partial charge >= 0.3 is 0 Å². The third-order valence-corrected chi connectivity index (χ3v) is 5.72. The number of aryl methyl sites for hydroxylation is 1. The van der Waals surface area contributed by atoms with E-state index in [9.17, 15) is 4.79 Å². The number of para-hydroxylation sites is 1. The van der Waals surface area contributed by atoms with Crippen molar-refractivity contribution in [2.45, 2.75) is 38.3 Å². The van der Waals surface area contributed by atoms with Gasteiger partial charge in [-0.3, -0.25) is 4.79 Å². The Morgan fingerprint density at radius 2 is 1.69 bits per heavy atom. The van der Waals surface area contributed by atoms with E-state index in [2.05, 4.69) is 41.6 Å². The first-order chi connectivity index (χ1) is 15.3. The number of hydrogen-bond donors (Lipinski definition) is 1. The Hall–Kier alpha value is -3.46. The highest BCUT2D eigenvalue weighted by molar-refractivity contribution is 7.99. The average Bonchev–Trinajstić information content (AvgIpc) is 3.40. The number of hydrogen-bond acceptors (Lipinski definition) is 6. The molecule has 0 spiro atoms. The highest BCUT2D eigenvalue weighted by atomic mass is 32.2. The van der Waals surface area contributed by atoms with Gasteiger partial charge in [-0.15, -0.1) is 5.10 Å². The molecule has 164 valence electrons. The summed E-state index contributed by atoms with van der Waals surface area (Å²) in [6, 6.07) is 19.6. The van der Waals surface area contributed by atoms with Crippen molar-refractivity contribution in [2.75, 3.05) is 11.1 Å². The van der Waals surface area contributed by atoms with Gasteiger partial charge in [-0.05, 0) is 41.6 Å². The SMILES string of the molecule is Cc1ccc(-n2nnnc2SCC(=O)Nc2cc(C(C)(C)C)nn2-c2ccccc2)cc1. The molecule has 2 aromatic carbocycles. The standard InChI is InChI=1S/C23H25N7OS/c1-16-10-12-18(13-11-16)30-22(25-27-28-30)32-15-21(31)24-20-14-19(23(2,3)4)26-29(20)17-8-6-5-7-9-17/h5-14H,15H2,1-4H3,(H,24,31). The van der Waals surface area contributed by atoms with Gasteiger partial charge in [0.1, 0.15) is 5.82 Å². The van der Waals surface area contributed by atoms with Crippen molar-refractivity contribution >= 4 is 23.5 Å². The Morgan fingerprint density at radius 1 is 1.00 bits per heavy atom. The summed E-state index contributed by atoms with van der Waals surface area (Å²) in [6.07, 6.45) is 0. The summed E-state index contributed by atoms with van der Waals surface area (Å²) in [7, 11) is 0. The Labute approximate surface area is 191 Å². The van der Waals surface area contributed by atoms with E-state index < -0.39 is 0 Å². The van der Waals surface area contributed by atoms with Gasteiger partial charge in [0.05, 0.1) is 22.8 Å². The van der Waals surface area contributed by atoms with Crippen LogP contribution < -0.4 is 5.32 Å². The smallest absolute Gasteiger partial charge is 0.236 e. The van der Waals surface area contributed by atoms with E-state index >= 15 is 0 Å². The van der Waals surface area contributed by atoms with Gasteiger partial charge in [0.25, 0.3) is 0 Å². The number of thioether (sulfide) groups is 1. The molecule has 0 aliphatic carbocycles. The van der Waals surface area contributed by atoms with Crippen molar-refractivity contribution in [3.8, 4) is 11.4 Å². The molecular formula is C23H25N7OS. The van der Waals surface area contributed by atoms with Crippen LogP contribution in [0.1, 0.15) is 32.0 Å². The fourth-order valence-corrected chi connectivity index (χ4v) is 3.72. The molecule has 0 fully saturated rings. The van der Waals surface area contributed by atoms with Gasteiger partial charge in [0, 0.05) is 11.5 Å². The number of carbonyl (C=O) groups is 1. The molecule has 0 unspecified atom stereocenters. The van der Waals surface area contributed by atoms with E-state index in [1.165, 1.54) is 11.8 Å². The second-order valence-electron chi connectivity index (χ2n) is 8.46. The van der Waals surface area contributed by atoms with Crippen LogP contribution in [0, 0.1) is 6.92 Å². The van der Waals surface area contributed by atoms with Gasteiger partial charge < -0.3 is 5.32 Å². The molecule has 0 bridgehead atoms. The summed E-state index contributed by atoms with van der Waals surface area (Å²) in [6.45, 7) is 8.31. The molecule has 2 aromatic heterocycles. The zero-order chi connectivity index (χ0) is 22.7. The van der Waals surface area contributed by atoms with Gasteiger partial charge in [-0.2, -0.15) is 9.78 Å². The van der Waals surface area contributed by atoms with Gasteiger partial charge in [0.2, 0.25) is 11.1 Å². The molecule has 0 atom stereocenters. The summed E-state index contributed by atoms with van der Waals surface area (Å²) in [5, 5.41) is 20.2. The second-order valence-corrected chi connectivity index (χ2v) is 9.40. The monoisotopic (exact) mass is 447 g/mol. The number of aromatic nitrogens is 6. The van der Waals surface area contributed by atoms with Crippen LogP contribution in [-0.4, -0.2) is 41.6 Å². The van der Waals surface area contributed by atoms with Crippen molar-refractivity contribution in [3.05, 3.63) is 71.9 Å². The van der Waals surface area contributed by atoms with E-state index in [0.29, 0.717) is 11.0 Å². The Kier molecular flexibility index (Phi) is 6.09. The van der Waals surface area contributed by atoms with Crippen LogP contribution in [0.4, 0.5) is 5.82 Å². The maximum atomic E-state index is 12.8. The zero-order valence-corrected chi connectivity index (χ0v) is 19.3. The van der Waals surface area contributed by atoms with Crippen LogP contribution in [-0.2, 0) is 10.2 Å². The molecule has 2 heterocycles. The summed E-state index contributed by atoms with van der Waals surface area (Å²) in [5.74, 6) is 0.632. The van der Waals surface area contributed by atoms with Crippen LogP contribution in [0.25, 0.3) is 11.4 Å². The van der Waals surface area contributed by atoms with Crippen molar-refractivity contribution in [2.24, 2.45) is 0 Å². The van der Waals surface area contributed by atoms with Crippen molar-refractivity contribution in [1.82, 2.24) is 30.0 Å². The first-order valence-corrected chi connectivity index (χ1v) is 11.2. The van der Waals surface area contributed by atoms with Crippen LogP contribution in [0.15, 0.2) is 65.8 Å². The molecule has 0 saturated carbocycles. The first kappa shape index (κ1) is 21.8. The molecule has 32 heavy (non-hydrogen) atoms. The first-order valence-electron chi connectivity index (χ1n) is 10.3. The number of anilines is 1. The summed E-state index contributed by atoms with van der Waals surface area (Å²) in [5.41, 5.74) is 3.63. The number of nitrogens with one attached hydrogen (secondary N) is 1. The summed E-state index contributed by atoms with van der Waals surface area (Å²) < 4.78 is 3.39. The lowest BCUT2D eigenvalue weighted by Crippen LogP contribution is -2.17. The van der Waals surface area contributed by atoms with E-state index in [-0.39, 0.29) is 17.1 Å². The van der Waals surface area contributed by atoms with Gasteiger partial charge in [0.15, 0.2) is 0 Å². The maximum absolute atomic E-state index is 12.8. The van der Waals surface area contributed by atoms with Gasteiger partial charge in [-0.1, -0.05) is 68.4 Å². The third kappa shape index (κ3) is 4.88. The number of rotatable bonds is 6. The predicted molar refractivity (Wildman–Crippen MR) is 126 cm³/mol. The minimum atomic E-state index is -0.161. The highest BCUT2D eigenvalue weighted by Crippen LogP contribution is 2.27. The Balaban J connectivity index is 1.50. The molecular weight excluding hydrogens is 422 g/mol. The number of carbonyl (C=O) groups excluding carboxylic acids is 1. The lowest BCUT2D eigenvalue weighted by Gasteiger charge is -2.14. The number of amides is 1. The van der Waals surface area contributed by atoms with Crippen LogP contribution in [0.2, 0.25) is 0 Å². The number of benzene rings is 2. The molecule has 0 aliphatic rings. The summed E-state index contributed by atoms with van der Waals surface area (Å²) >= 11 is 1.28. The summed E-state index contributed by atoms with van der Waals surface area (Å²) in [4.78, 5) is 12.8. The molecule has 1 N–H and O–H groups in total. The molecule has 0 saturated heterocycles. The molecule has 0 aliphatic heterocycles. The molecule has 0 radical (unpaired) electrons. The molecule has 9 heteroatoms. The Morgan fingerprint density at radius 3 is 2.38 bits per heavy atom. The van der Waals surface area contributed by atoms with Crippen LogP contribution in [0.5, 0.6) is 0 Å². The fraction of sp³-hybridized carbons (Fsp3) is 0.261. The predicted octanol–water partition coefficient (Wildman–Crippen LogP) is 4.18. The molecule has 4 rings (SSSR count). The fourth-order valence-electron chi connectivity index (χ4n) is 3.03. The number of tetrazole rings is 1. The third-order valence-electron chi connectivity index (χ3n) is 4.80. The van der Waals surface area contributed by atoms with E-state index in [1.807, 2.05) is 67.6 Å². The number of nitrogens with zero attached hydrogens (tertiary/aromatic N) is 6. The highest BCUT2D eigenvalue weighted by Gasteiger charge is 2.22. The van der Waals surface area contributed by atoms with E-state index in [0.717, 1.165) is 22.6 Å². The minimum Gasteiger partial charge on any atom is -0.310 e. The zero-order valence-electron chi connectivity index (χ0n) is 18.5. The molecule has 8 nitrogen and oxygen atoms in total. The lowest BCUT2D eigenvalue weighted by atomic mass is 9.92.